The summed E-state index contributed by atoms with van der Waals surface area (Å²) in [5.74, 6) is 2.20. The van der Waals surface area contributed by atoms with Gasteiger partial charge in [0.1, 0.15) is 0 Å². The van der Waals surface area contributed by atoms with Crippen LogP contribution < -0.4 is 36.3 Å². The summed E-state index contributed by atoms with van der Waals surface area (Å²) in [6.07, 6.45) is 5.64. The molecule has 1 unspecified atom stereocenters. The molecule has 1 aromatic heterocycles. The van der Waals surface area contributed by atoms with Gasteiger partial charge < -0.3 is 0 Å². The van der Waals surface area contributed by atoms with Crippen molar-refractivity contribution in [2.24, 2.45) is 5.92 Å². The Bertz CT molecular complexity index is 1260. The third-order valence-electron chi connectivity index (χ3n) is 6.33. The maximum atomic E-state index is 12.9. The molecule has 3 aromatic rings. The van der Waals surface area contributed by atoms with Crippen molar-refractivity contribution in [3.63, 3.8) is 0 Å². The van der Waals surface area contributed by atoms with Crippen LogP contribution in [-0.2, 0) is 9.53 Å². The number of carbonyl (C=O) groups excluding carboxylic acids is 1. The number of benzene rings is 2. The standard InChI is InChI=1S/C25H26Cl2IN4O4/c1-34-22-9-18-21(29-14-30-24(18)31-16-6-7-19(26)20(27)8-16)10-23(22)35-12-17-11-32(28-13-36-17)25(33)15-4-2-3-5-15/h6-10,14-15,17H,2-5,11-13H2,1H3,(H,29,30,31)/q-1. The second-order valence-electron chi connectivity index (χ2n) is 8.69. The van der Waals surface area contributed by atoms with Crippen LogP contribution in [0, 0.1) is 5.92 Å². The van der Waals surface area contributed by atoms with Crippen molar-refractivity contribution in [3.05, 3.63) is 46.7 Å². The Balaban J connectivity index is 1.30. The molecular weight excluding hydrogens is 618 g/mol. The molecule has 0 bridgehead atoms. The fourth-order valence-electron chi connectivity index (χ4n) is 4.41. The Morgan fingerprint density at radius 2 is 2.00 bits per heavy atom. The second kappa shape index (κ2) is 11.5. The number of halogens is 3. The zero-order valence-electron chi connectivity index (χ0n) is 19.7. The number of anilines is 2. The van der Waals surface area contributed by atoms with Gasteiger partial charge in [0.05, 0.1) is 10.0 Å². The van der Waals surface area contributed by atoms with Crippen LogP contribution >= 0.6 is 23.2 Å². The van der Waals surface area contributed by atoms with Crippen LogP contribution in [-0.4, -0.2) is 50.0 Å². The van der Waals surface area contributed by atoms with Gasteiger partial charge in [-0.2, -0.15) is 0 Å². The quantitative estimate of drug-likeness (QED) is 0.241. The van der Waals surface area contributed by atoms with Crippen molar-refractivity contribution in [1.29, 1.82) is 0 Å². The number of nitrogens with zero attached hydrogens (tertiary/aromatic N) is 3. The molecule has 1 aliphatic heterocycles. The minimum atomic E-state index is -0.425. The molecule has 11 heteroatoms. The summed E-state index contributed by atoms with van der Waals surface area (Å²) in [7, 11) is 1.59. The van der Waals surface area contributed by atoms with E-state index < -0.39 is 21.5 Å². The molecule has 0 radical (unpaired) electrons. The number of carbonyl (C=O) groups is 1. The third-order valence-corrected chi connectivity index (χ3v) is 9.40. The van der Waals surface area contributed by atoms with Gasteiger partial charge in [-0.25, -0.2) is 0 Å². The fourth-order valence-corrected chi connectivity index (χ4v) is 7.16. The Kier molecular flexibility index (Phi) is 8.19. The van der Waals surface area contributed by atoms with Crippen LogP contribution in [0.5, 0.6) is 11.5 Å². The monoisotopic (exact) mass is 643 g/mol. The van der Waals surface area contributed by atoms with E-state index in [0.717, 1.165) is 36.8 Å². The van der Waals surface area contributed by atoms with Gasteiger partial charge in [-0.05, 0) is 18.2 Å². The predicted molar refractivity (Wildman–Crippen MR) is 135 cm³/mol. The summed E-state index contributed by atoms with van der Waals surface area (Å²) in [6.45, 7) is 0.901. The van der Waals surface area contributed by atoms with E-state index in [0.29, 0.717) is 56.6 Å². The number of fused-ring (bicyclic) bond motifs is 1. The number of methoxy groups -OCH3 is 1. The first-order chi connectivity index (χ1) is 17.5. The van der Waals surface area contributed by atoms with Gasteiger partial charge in [-0.1, -0.05) is 23.2 Å². The van der Waals surface area contributed by atoms with E-state index in [1.807, 2.05) is 21.3 Å². The molecule has 2 aromatic carbocycles. The van der Waals surface area contributed by atoms with E-state index in [9.17, 15) is 4.79 Å². The maximum absolute atomic E-state index is 12.9. The normalized spacial score (nSPS) is 18.6. The average molecular weight is 644 g/mol. The van der Waals surface area contributed by atoms with Gasteiger partial charge in [-0.15, -0.1) is 0 Å². The molecule has 2 aliphatic rings. The van der Waals surface area contributed by atoms with Crippen LogP contribution in [0.15, 0.2) is 36.7 Å². The van der Waals surface area contributed by atoms with Crippen LogP contribution in [0.1, 0.15) is 25.7 Å². The number of rotatable bonds is 7. The van der Waals surface area contributed by atoms with Gasteiger partial charge in [-0.3, -0.25) is 0 Å². The zero-order valence-corrected chi connectivity index (χ0v) is 23.3. The molecule has 1 atom stereocenters. The van der Waals surface area contributed by atoms with Crippen LogP contribution in [0.25, 0.3) is 10.9 Å². The molecule has 2 heterocycles. The summed E-state index contributed by atoms with van der Waals surface area (Å²) >= 11 is 11.8. The van der Waals surface area contributed by atoms with Crippen LogP contribution in [0.2, 0.25) is 10.0 Å². The Morgan fingerprint density at radius 3 is 2.78 bits per heavy atom. The number of hydrogen-bond acceptors (Lipinski definition) is 7. The van der Waals surface area contributed by atoms with Gasteiger partial charge in [0.2, 0.25) is 0 Å². The topological polar surface area (TPSA) is 85.8 Å². The van der Waals surface area contributed by atoms with Crippen LogP contribution in [0.4, 0.5) is 11.5 Å². The number of amides is 1. The van der Waals surface area contributed by atoms with E-state index in [2.05, 4.69) is 15.3 Å². The molecule has 1 saturated heterocycles. The van der Waals surface area contributed by atoms with Crippen molar-refractivity contribution in [2.45, 2.75) is 31.8 Å². The van der Waals surface area contributed by atoms with Gasteiger partial charge in [0.15, 0.2) is 0 Å². The molecule has 1 N–H and O–H groups in total. The van der Waals surface area contributed by atoms with Crippen molar-refractivity contribution >= 4 is 51.5 Å². The number of ether oxygens (including phenoxy) is 3. The third kappa shape index (κ3) is 5.74. The van der Waals surface area contributed by atoms with Crippen molar-refractivity contribution in [2.75, 3.05) is 30.2 Å². The molecular formula is C25H26Cl2IN4O4-. The van der Waals surface area contributed by atoms with E-state index in [4.69, 9.17) is 37.4 Å². The summed E-state index contributed by atoms with van der Waals surface area (Å²) in [4.78, 5) is 21.7. The van der Waals surface area contributed by atoms with E-state index in [1.165, 1.54) is 6.33 Å². The predicted octanol–water partition coefficient (Wildman–Crippen LogP) is 2.45. The van der Waals surface area contributed by atoms with Crippen molar-refractivity contribution in [3.8, 4) is 11.5 Å². The van der Waals surface area contributed by atoms with E-state index in [-0.39, 0.29) is 12.0 Å². The molecule has 5 rings (SSSR count). The first-order valence-electron chi connectivity index (χ1n) is 11.7. The molecule has 192 valence electrons. The summed E-state index contributed by atoms with van der Waals surface area (Å²) in [5, 5.41) is 4.95. The molecule has 1 aliphatic carbocycles. The molecule has 1 amide bonds. The number of hydrogen-bond donors (Lipinski definition) is 1. The molecule has 2 fully saturated rings. The Hall–Kier alpha value is -2.08. The zero-order chi connectivity index (χ0) is 25.1. The number of nitrogens with one attached hydrogen (secondary N) is 1. The van der Waals surface area contributed by atoms with E-state index >= 15 is 0 Å². The average Bonchev–Trinajstić information content (AvgIpc) is 3.44. The minimum absolute atomic E-state index is 0.179. The summed E-state index contributed by atoms with van der Waals surface area (Å²) < 4.78 is 20.3. The van der Waals surface area contributed by atoms with Gasteiger partial charge >= 0.3 is 180 Å². The van der Waals surface area contributed by atoms with Crippen molar-refractivity contribution in [1.82, 2.24) is 13.1 Å². The first kappa shape index (κ1) is 25.6. The van der Waals surface area contributed by atoms with Crippen LogP contribution in [0.3, 0.4) is 0 Å². The van der Waals surface area contributed by atoms with Gasteiger partial charge in [0.25, 0.3) is 0 Å². The number of aromatic nitrogens is 2. The Morgan fingerprint density at radius 1 is 1.17 bits per heavy atom. The summed E-state index contributed by atoms with van der Waals surface area (Å²) in [6, 6.07) is 8.95. The Labute approximate surface area is 230 Å². The first-order valence-corrected chi connectivity index (χ1v) is 15.0. The SMILES string of the molecule is COc1cc2c(Nc3ccc(Cl)c(Cl)c3)ncnc2cc1OCC1CN(C(=O)C2CCCC2)[I-]CO1. The molecule has 8 nitrogen and oxygen atoms in total. The summed E-state index contributed by atoms with van der Waals surface area (Å²) in [5.41, 5.74) is 1.44. The van der Waals surface area contributed by atoms with Crippen molar-refractivity contribution < 1.29 is 40.5 Å². The number of alkyl halides is 1. The molecule has 0 spiro atoms. The molecule has 1 saturated carbocycles. The van der Waals surface area contributed by atoms with Gasteiger partial charge in [0, 0.05) is 0 Å². The van der Waals surface area contributed by atoms with E-state index in [1.54, 1.807) is 19.2 Å². The second-order valence-corrected chi connectivity index (χ2v) is 12.0. The molecule has 36 heavy (non-hydrogen) atoms. The fraction of sp³-hybridized carbons (Fsp3) is 0.400.